The Morgan fingerprint density at radius 1 is 1.09 bits per heavy atom. The van der Waals surface area contributed by atoms with E-state index < -0.39 is 72.4 Å². The fourth-order valence-corrected chi connectivity index (χ4v) is 11.0. The van der Waals surface area contributed by atoms with Crippen LogP contribution in [-0.2, 0) is 19.1 Å². The zero-order valence-electron chi connectivity index (χ0n) is 34.2. The van der Waals surface area contributed by atoms with Crippen LogP contribution >= 0.6 is 0 Å². The molecule has 2 saturated heterocycles. The summed E-state index contributed by atoms with van der Waals surface area (Å²) < 4.78 is 17.0. The minimum absolute atomic E-state index is 0.00479. The molecule has 3 heterocycles. The summed E-state index contributed by atoms with van der Waals surface area (Å²) in [6.45, 7) is 3.16. The van der Waals surface area contributed by atoms with Gasteiger partial charge in [-0.2, -0.15) is 0 Å². The molecule has 3 saturated carbocycles. The number of fused-ring (bicyclic) bond motifs is 1. The van der Waals surface area contributed by atoms with Gasteiger partial charge in [0.15, 0.2) is 24.2 Å². The number of rotatable bonds is 18. The molecule has 15 heteroatoms. The van der Waals surface area contributed by atoms with Crippen LogP contribution in [0.1, 0.15) is 96.3 Å². The maximum Gasteiger partial charge on any atom is 0.297 e. The average molecular weight is 820 g/mol. The first-order valence-corrected chi connectivity index (χ1v) is 22.2. The van der Waals surface area contributed by atoms with Crippen LogP contribution in [0, 0.1) is 42.1 Å². The summed E-state index contributed by atoms with van der Waals surface area (Å²) in [5, 5.41) is 72.5. The van der Waals surface area contributed by atoms with E-state index in [1.807, 2.05) is 17.6 Å². The second-order valence-corrected chi connectivity index (χ2v) is 18.2. The average Bonchev–Trinajstić information content (AvgIpc) is 3.73. The van der Waals surface area contributed by atoms with Gasteiger partial charge in [-0.3, -0.25) is 4.79 Å². The minimum Gasteiger partial charge on any atom is -0.547 e. The van der Waals surface area contributed by atoms with Crippen LogP contribution in [0.15, 0.2) is 28.8 Å². The van der Waals surface area contributed by atoms with Gasteiger partial charge in [0.25, 0.3) is 5.91 Å². The van der Waals surface area contributed by atoms with Crippen LogP contribution < -0.4 is 21.5 Å². The number of aliphatic hydroxyl groups is 7. The highest BCUT2D eigenvalue weighted by Crippen LogP contribution is 2.45. The van der Waals surface area contributed by atoms with E-state index in [0.29, 0.717) is 56.9 Å². The summed E-state index contributed by atoms with van der Waals surface area (Å²) in [7, 11) is 2.07. The molecule has 0 aromatic heterocycles. The van der Waals surface area contributed by atoms with Gasteiger partial charge in [0.2, 0.25) is 6.10 Å². The number of hydrogen-bond donors (Lipinski definition) is 8. The van der Waals surface area contributed by atoms with Crippen LogP contribution in [0.4, 0.5) is 0 Å². The molecule has 326 valence electrons. The second-order valence-electron chi connectivity index (χ2n) is 18.2. The van der Waals surface area contributed by atoms with Gasteiger partial charge in [0.1, 0.15) is 37.0 Å². The molecule has 12 N–H and O–H groups in total. The quantitative estimate of drug-likeness (QED) is 0.0423. The molecular formula is C43H71N4O11+3. The number of quaternary nitrogens is 2. The molecule has 0 radical (unpaired) electrons. The molecule has 0 aromatic rings. The number of aliphatic carboxylic acids is 1. The molecule has 6 aliphatic rings. The molecule has 13 atom stereocenters. The third kappa shape index (κ3) is 10.9. The predicted molar refractivity (Wildman–Crippen MR) is 211 cm³/mol. The largest absolute Gasteiger partial charge is 0.547 e. The molecule has 6 unspecified atom stereocenters. The number of hydrogen-bond acceptors (Lipinski definition) is 11. The first kappa shape index (κ1) is 45.1. The molecular weight excluding hydrogens is 748 g/mol. The SMILES string of the molecule is C[NH2+]CC[C@H](CC=CC1CCCCC1)[C@H](C[NH2+]C[C@@]1(O)[C@H](OC2CCC3C(C2)[OH+]C(C(N)=O)C(C2CCC(O)CC2)C3O)O[C@H](C(=O)[O-])[C@@H](O)[C@@H]1O)CC1=C[CH+]N=C1. The number of primary amides is 1. The maximum atomic E-state index is 12.7. The van der Waals surface area contributed by atoms with Crippen molar-refractivity contribution in [2.24, 2.45) is 46.2 Å². The number of amides is 1. The van der Waals surface area contributed by atoms with E-state index in [4.69, 9.17) is 19.9 Å². The van der Waals surface area contributed by atoms with Crippen LogP contribution in [0.3, 0.4) is 0 Å². The molecule has 6 rings (SSSR count). The van der Waals surface area contributed by atoms with E-state index in [1.54, 1.807) is 6.54 Å². The third-order valence-electron chi connectivity index (χ3n) is 14.4. The lowest BCUT2D eigenvalue weighted by atomic mass is 9.66. The zero-order valence-corrected chi connectivity index (χ0v) is 34.2. The van der Waals surface area contributed by atoms with Crippen molar-refractivity contribution in [2.75, 3.05) is 26.7 Å². The Hall–Kier alpha value is -2.44. The first-order valence-electron chi connectivity index (χ1n) is 22.2. The van der Waals surface area contributed by atoms with Crippen molar-refractivity contribution in [3.05, 3.63) is 30.3 Å². The van der Waals surface area contributed by atoms with Gasteiger partial charge in [-0.05, 0) is 75.5 Å². The summed E-state index contributed by atoms with van der Waals surface area (Å²) in [6, 6.07) is 0. The van der Waals surface area contributed by atoms with Crippen molar-refractivity contribution >= 4 is 18.1 Å². The summed E-state index contributed by atoms with van der Waals surface area (Å²) in [6.07, 6.45) is 10.5. The Labute approximate surface area is 342 Å². The van der Waals surface area contributed by atoms with Crippen molar-refractivity contribution in [1.29, 1.82) is 0 Å². The Kier molecular flexibility index (Phi) is 16.2. The number of carboxylic acid groups (broad SMARTS) is 1. The van der Waals surface area contributed by atoms with Crippen LogP contribution in [0.25, 0.3) is 0 Å². The maximum absolute atomic E-state index is 12.7. The van der Waals surface area contributed by atoms with Gasteiger partial charge < -0.3 is 66.0 Å². The molecule has 1 amide bonds. The summed E-state index contributed by atoms with van der Waals surface area (Å²) in [5.41, 5.74) is 4.77. The minimum atomic E-state index is -2.21. The molecule has 0 bridgehead atoms. The van der Waals surface area contributed by atoms with Crippen molar-refractivity contribution < 1.29 is 65.1 Å². The number of nitrogens with two attached hydrogens (primary N) is 3. The highest BCUT2D eigenvalue weighted by molar-refractivity contribution is 5.82. The number of allylic oxidation sites excluding steroid dienone is 3. The molecule has 58 heavy (non-hydrogen) atoms. The van der Waals surface area contributed by atoms with Crippen LogP contribution in [0.2, 0.25) is 0 Å². The van der Waals surface area contributed by atoms with Crippen molar-refractivity contribution in [3.8, 4) is 0 Å². The van der Waals surface area contributed by atoms with Gasteiger partial charge in [0.05, 0.1) is 62.3 Å². The number of carbonyl (C=O) groups excluding carboxylic acids is 2. The summed E-state index contributed by atoms with van der Waals surface area (Å²) in [4.78, 5) is 29.1. The number of carbonyl (C=O) groups is 2. The van der Waals surface area contributed by atoms with E-state index in [9.17, 15) is 40.2 Å². The molecule has 0 aromatic carbocycles. The van der Waals surface area contributed by atoms with Crippen molar-refractivity contribution in [2.45, 2.75) is 157 Å². The Bertz CT molecular complexity index is 1430. The predicted octanol–water partition coefficient (Wildman–Crippen LogP) is -2.14. The molecule has 0 spiro atoms. The van der Waals surface area contributed by atoms with E-state index >= 15 is 0 Å². The van der Waals surface area contributed by atoms with Crippen molar-refractivity contribution in [3.63, 3.8) is 0 Å². The van der Waals surface area contributed by atoms with Gasteiger partial charge in [-0.25, -0.2) is 0 Å². The monoisotopic (exact) mass is 820 g/mol. The van der Waals surface area contributed by atoms with Gasteiger partial charge in [0, 0.05) is 25.2 Å². The fraction of sp³-hybridized carbons (Fsp3) is 0.814. The molecule has 3 aliphatic heterocycles. The third-order valence-corrected chi connectivity index (χ3v) is 14.4. The topological polar surface area (TPSA) is 261 Å². The number of nitrogens with zero attached hydrogens (tertiary/aromatic N) is 1. The number of aliphatic imine (C=N–C) groups is 1. The van der Waals surface area contributed by atoms with Crippen LogP contribution in [0.5, 0.6) is 0 Å². The number of carboxylic acids is 1. The van der Waals surface area contributed by atoms with E-state index in [0.717, 1.165) is 31.4 Å². The lowest BCUT2D eigenvalue weighted by Crippen LogP contribution is -2.93. The lowest BCUT2D eigenvalue weighted by Gasteiger charge is -2.50. The lowest BCUT2D eigenvalue weighted by molar-refractivity contribution is -0.681. The first-order chi connectivity index (χ1) is 27.9. The standard InChI is InChI=1S/C43H68N4O11/c1-45-18-17-27(9-5-8-25-6-3-2-4-7-25)29(20-26-16-19-46-22-26)23-47-24-43(55)39(51)36(50)38(41(53)54)58-42(43)56-31-14-15-32-33(21-31)57-37(40(44)52)34(35(32)49)28-10-12-30(48)13-11-28/h5,8,16,19,22,25,27-39,42,45,47-51,55H,2-4,6-7,9-15,17-18,20-21,23-24H2,1H3,(H2-,44,52,53,54)/p+3/t27-,28?,29-,30?,31?,32?,33?,34?,35?,36+,37?,38-,39-,42+,43-/m0/s1. The van der Waals surface area contributed by atoms with Gasteiger partial charge in [-0.1, -0.05) is 31.4 Å². The highest BCUT2D eigenvalue weighted by atomic mass is 16.7. The Morgan fingerprint density at radius 2 is 1.84 bits per heavy atom. The summed E-state index contributed by atoms with van der Waals surface area (Å²) >= 11 is 0. The summed E-state index contributed by atoms with van der Waals surface area (Å²) in [5.74, 6) is -1.95. The fourth-order valence-electron chi connectivity index (χ4n) is 11.0. The van der Waals surface area contributed by atoms with Gasteiger partial charge in [-0.15, -0.1) is 4.99 Å². The molecule has 3 aliphatic carbocycles. The normalized spacial score (nSPS) is 39.4. The van der Waals surface area contributed by atoms with Crippen molar-refractivity contribution in [1.82, 2.24) is 0 Å². The zero-order chi connectivity index (χ0) is 41.4. The smallest absolute Gasteiger partial charge is 0.297 e. The van der Waals surface area contributed by atoms with E-state index in [-0.39, 0.29) is 36.8 Å². The molecule has 15 nitrogen and oxygen atoms in total. The molecule has 5 fully saturated rings. The highest BCUT2D eigenvalue weighted by Gasteiger charge is 2.60. The Morgan fingerprint density at radius 3 is 2.52 bits per heavy atom. The van der Waals surface area contributed by atoms with E-state index in [1.165, 1.54) is 32.1 Å². The van der Waals surface area contributed by atoms with Gasteiger partial charge >= 0.3 is 0 Å². The number of ether oxygens (including phenoxy) is 3. The Balaban J connectivity index is 1.15. The van der Waals surface area contributed by atoms with E-state index in [2.05, 4.69) is 29.5 Å². The van der Waals surface area contributed by atoms with Crippen LogP contribution in [-0.4, -0.2) is 136 Å². The second kappa shape index (κ2) is 20.9. The number of aliphatic hydroxyl groups excluding tert-OH is 4.